The minimum atomic E-state index is -4.31. The van der Waals surface area contributed by atoms with E-state index in [2.05, 4.69) is 5.32 Å². The number of hydrogen-bond donors (Lipinski definition) is 1. The monoisotopic (exact) mass is 424 g/mol. The number of methoxy groups -OCH3 is 1. The van der Waals surface area contributed by atoms with Crippen LogP contribution in [0, 0.1) is 5.92 Å². The van der Waals surface area contributed by atoms with Gasteiger partial charge in [0.2, 0.25) is 11.8 Å². The van der Waals surface area contributed by atoms with Gasteiger partial charge in [0, 0.05) is 29.6 Å². The third-order valence-corrected chi connectivity index (χ3v) is 5.54. The number of para-hydroxylation sites is 1. The normalized spacial score (nSPS) is 16.8. The lowest BCUT2D eigenvalue weighted by molar-refractivity contribution is -0.122. The molecule has 0 saturated carbocycles. The van der Waals surface area contributed by atoms with Crippen molar-refractivity contribution in [3.05, 3.63) is 48.5 Å². The molecule has 0 spiro atoms. The highest BCUT2D eigenvalue weighted by Crippen LogP contribution is 2.33. The molecule has 1 aliphatic rings. The van der Waals surface area contributed by atoms with Gasteiger partial charge in [0.05, 0.1) is 24.5 Å². The second kappa shape index (κ2) is 8.77. The highest BCUT2D eigenvalue weighted by molar-refractivity contribution is 7.99. The quantitative estimate of drug-likeness (QED) is 0.701. The molecule has 1 atom stereocenters. The van der Waals surface area contributed by atoms with Crippen LogP contribution in [-0.4, -0.2) is 37.4 Å². The van der Waals surface area contributed by atoms with Gasteiger partial charge in [-0.15, -0.1) is 11.8 Å². The van der Waals surface area contributed by atoms with Crippen LogP contribution < -0.4 is 15.0 Å². The molecule has 2 aromatic carbocycles. The van der Waals surface area contributed by atoms with Crippen molar-refractivity contribution in [2.24, 2.45) is 5.92 Å². The Kier molecular flexibility index (Phi) is 6.36. The minimum absolute atomic E-state index is 0.0287. The molecule has 29 heavy (non-hydrogen) atoms. The van der Waals surface area contributed by atoms with Gasteiger partial charge in [0.1, 0.15) is 5.75 Å². The van der Waals surface area contributed by atoms with Crippen LogP contribution in [0.3, 0.4) is 0 Å². The fourth-order valence-corrected chi connectivity index (χ4v) is 3.77. The van der Waals surface area contributed by atoms with Crippen LogP contribution >= 0.6 is 11.8 Å². The molecular weight excluding hydrogens is 405 g/mol. The van der Waals surface area contributed by atoms with Crippen LogP contribution in [0.4, 0.5) is 24.5 Å². The van der Waals surface area contributed by atoms with Gasteiger partial charge in [0.25, 0.3) is 0 Å². The van der Waals surface area contributed by atoms with Gasteiger partial charge in [-0.3, -0.25) is 9.59 Å². The summed E-state index contributed by atoms with van der Waals surface area (Å²) in [5.41, 5.74) is 0.935. The predicted octanol–water partition coefficient (Wildman–Crippen LogP) is 4.34. The first-order valence-electron chi connectivity index (χ1n) is 8.80. The number of carbonyl (C=O) groups is 2. The van der Waals surface area contributed by atoms with E-state index in [0.717, 1.165) is 0 Å². The Morgan fingerprint density at radius 3 is 2.72 bits per heavy atom. The van der Waals surface area contributed by atoms with Crippen molar-refractivity contribution in [3.63, 3.8) is 0 Å². The first kappa shape index (κ1) is 21.0. The van der Waals surface area contributed by atoms with Crippen molar-refractivity contribution in [1.29, 1.82) is 0 Å². The minimum Gasteiger partial charge on any atom is -0.497 e. The standard InChI is InChI=1S/C20H19F3N2O3S/c1-28-15-6-4-5-14(10-15)25-11-13(9-18(25)26)19(27)24-16-7-2-3-8-17(16)29-12-20(21,22)23/h2-8,10,13H,9,11-12H2,1H3,(H,24,27). The number of nitrogens with one attached hydrogen (secondary N) is 1. The number of amides is 2. The summed E-state index contributed by atoms with van der Waals surface area (Å²) in [7, 11) is 1.52. The van der Waals surface area contributed by atoms with Crippen LogP contribution in [0.15, 0.2) is 53.4 Å². The summed E-state index contributed by atoms with van der Waals surface area (Å²) in [5.74, 6) is -1.65. The molecule has 1 fully saturated rings. The number of carbonyl (C=O) groups excluding carboxylic acids is 2. The molecule has 0 aromatic heterocycles. The lowest BCUT2D eigenvalue weighted by Gasteiger charge is -2.18. The molecule has 5 nitrogen and oxygen atoms in total. The lowest BCUT2D eigenvalue weighted by Crippen LogP contribution is -2.28. The molecule has 0 bridgehead atoms. The molecule has 0 aliphatic carbocycles. The summed E-state index contributed by atoms with van der Waals surface area (Å²) in [6, 6.07) is 13.3. The maximum Gasteiger partial charge on any atom is 0.398 e. The second-order valence-corrected chi connectivity index (χ2v) is 7.51. The molecule has 1 saturated heterocycles. The van der Waals surface area contributed by atoms with E-state index < -0.39 is 23.8 Å². The number of halogens is 3. The average Bonchev–Trinajstić information content (AvgIpc) is 3.08. The smallest absolute Gasteiger partial charge is 0.398 e. The second-order valence-electron chi connectivity index (χ2n) is 6.50. The maximum atomic E-state index is 12.7. The summed E-state index contributed by atoms with van der Waals surface area (Å²) >= 11 is 0.610. The van der Waals surface area contributed by atoms with Crippen molar-refractivity contribution in [1.82, 2.24) is 0 Å². The summed E-state index contributed by atoms with van der Waals surface area (Å²) in [6.07, 6.45) is -4.28. The zero-order valence-electron chi connectivity index (χ0n) is 15.5. The fourth-order valence-electron chi connectivity index (χ4n) is 3.00. The summed E-state index contributed by atoms with van der Waals surface area (Å²) in [4.78, 5) is 26.9. The first-order valence-corrected chi connectivity index (χ1v) is 9.79. The third-order valence-electron chi connectivity index (χ3n) is 4.40. The number of ether oxygens (including phenoxy) is 1. The van der Waals surface area contributed by atoms with Crippen molar-refractivity contribution in [2.45, 2.75) is 17.5 Å². The zero-order chi connectivity index (χ0) is 21.0. The Labute approximate surface area is 170 Å². The number of rotatable bonds is 6. The molecule has 2 amide bonds. The Balaban J connectivity index is 1.68. The molecule has 1 heterocycles. The third kappa shape index (κ3) is 5.44. The Bertz CT molecular complexity index is 905. The number of anilines is 2. The van der Waals surface area contributed by atoms with E-state index in [1.54, 1.807) is 42.5 Å². The van der Waals surface area contributed by atoms with Crippen LogP contribution in [0.2, 0.25) is 0 Å². The molecule has 154 valence electrons. The molecule has 1 N–H and O–H groups in total. The number of benzene rings is 2. The topological polar surface area (TPSA) is 58.6 Å². The van der Waals surface area contributed by atoms with Crippen molar-refractivity contribution in [2.75, 3.05) is 29.6 Å². The fraction of sp³-hybridized carbons (Fsp3) is 0.300. The zero-order valence-corrected chi connectivity index (χ0v) is 16.3. The summed E-state index contributed by atoms with van der Waals surface area (Å²) in [5, 5.41) is 2.67. The number of alkyl halides is 3. The molecule has 0 radical (unpaired) electrons. The van der Waals surface area contributed by atoms with Gasteiger partial charge in [0.15, 0.2) is 0 Å². The lowest BCUT2D eigenvalue weighted by atomic mass is 10.1. The first-order chi connectivity index (χ1) is 13.8. The van der Waals surface area contributed by atoms with Gasteiger partial charge in [-0.1, -0.05) is 18.2 Å². The summed E-state index contributed by atoms with van der Waals surface area (Å²) < 4.78 is 42.7. The molecule has 1 aliphatic heterocycles. The van der Waals surface area contributed by atoms with Gasteiger partial charge >= 0.3 is 6.18 Å². The SMILES string of the molecule is COc1cccc(N2CC(C(=O)Nc3ccccc3SCC(F)(F)F)CC2=O)c1. The van der Waals surface area contributed by atoms with Crippen molar-refractivity contribution >= 4 is 35.0 Å². The number of hydrogen-bond acceptors (Lipinski definition) is 4. The highest BCUT2D eigenvalue weighted by Gasteiger charge is 2.35. The van der Waals surface area contributed by atoms with Crippen LogP contribution in [0.1, 0.15) is 6.42 Å². The van der Waals surface area contributed by atoms with E-state index in [-0.39, 0.29) is 18.9 Å². The van der Waals surface area contributed by atoms with Gasteiger partial charge in [-0.25, -0.2) is 0 Å². The van der Waals surface area contributed by atoms with Gasteiger partial charge in [-0.05, 0) is 24.3 Å². The Morgan fingerprint density at radius 2 is 2.00 bits per heavy atom. The van der Waals surface area contributed by atoms with E-state index in [4.69, 9.17) is 4.74 Å². The molecular formula is C20H19F3N2O3S. The largest absolute Gasteiger partial charge is 0.497 e. The Morgan fingerprint density at radius 1 is 1.24 bits per heavy atom. The Hall–Kier alpha value is -2.68. The predicted molar refractivity (Wildman–Crippen MR) is 105 cm³/mol. The van der Waals surface area contributed by atoms with Crippen molar-refractivity contribution < 1.29 is 27.5 Å². The van der Waals surface area contributed by atoms with E-state index in [1.807, 2.05) is 0 Å². The maximum absolute atomic E-state index is 12.7. The van der Waals surface area contributed by atoms with Crippen molar-refractivity contribution in [3.8, 4) is 5.75 Å². The molecule has 9 heteroatoms. The average molecular weight is 424 g/mol. The van der Waals surface area contributed by atoms with E-state index >= 15 is 0 Å². The molecule has 3 rings (SSSR count). The van der Waals surface area contributed by atoms with Crippen LogP contribution in [0.25, 0.3) is 0 Å². The number of thioether (sulfide) groups is 1. The van der Waals surface area contributed by atoms with E-state index in [0.29, 0.717) is 33.8 Å². The van der Waals surface area contributed by atoms with Crippen LogP contribution in [0.5, 0.6) is 5.75 Å². The van der Waals surface area contributed by atoms with Gasteiger partial charge in [-0.2, -0.15) is 13.2 Å². The summed E-state index contributed by atoms with van der Waals surface area (Å²) in [6.45, 7) is 0.190. The van der Waals surface area contributed by atoms with E-state index in [1.165, 1.54) is 18.1 Å². The number of nitrogens with zero attached hydrogens (tertiary/aromatic N) is 1. The van der Waals surface area contributed by atoms with E-state index in [9.17, 15) is 22.8 Å². The molecule has 1 unspecified atom stereocenters. The molecule has 2 aromatic rings. The van der Waals surface area contributed by atoms with Gasteiger partial charge < -0.3 is 15.0 Å². The highest BCUT2D eigenvalue weighted by atomic mass is 32.2. The van der Waals surface area contributed by atoms with Crippen LogP contribution in [-0.2, 0) is 9.59 Å².